The molecule has 1 unspecified atom stereocenters. The zero-order valence-electron chi connectivity index (χ0n) is 18.7. The summed E-state index contributed by atoms with van der Waals surface area (Å²) in [4.78, 5) is 41.9. The predicted molar refractivity (Wildman–Crippen MR) is 131 cm³/mol. The number of carbonyl (C=O) groups is 2. The summed E-state index contributed by atoms with van der Waals surface area (Å²) >= 11 is 6.30. The Morgan fingerprint density at radius 3 is 2.62 bits per heavy atom. The second kappa shape index (κ2) is 10.1. The van der Waals surface area contributed by atoms with Crippen LogP contribution in [0.4, 0.5) is 15.3 Å². The van der Waals surface area contributed by atoms with Gasteiger partial charge in [0.05, 0.1) is 27.7 Å². The SMILES string of the molecule is CC(NC(=O)O)c1nc2cccc(Cl)c2c(=O)n1-c1cccc(NC(=O)NC2CCCCC2)c1. The summed E-state index contributed by atoms with van der Waals surface area (Å²) in [6.07, 6.45) is 4.08. The first-order chi connectivity index (χ1) is 16.3. The maximum Gasteiger partial charge on any atom is 0.405 e. The van der Waals surface area contributed by atoms with Crippen molar-refractivity contribution in [2.24, 2.45) is 0 Å². The number of urea groups is 1. The molecule has 1 atom stereocenters. The van der Waals surface area contributed by atoms with E-state index in [9.17, 15) is 19.5 Å². The number of hydrogen-bond donors (Lipinski definition) is 4. The zero-order chi connectivity index (χ0) is 24.2. The van der Waals surface area contributed by atoms with Crippen LogP contribution in [0.2, 0.25) is 5.02 Å². The lowest BCUT2D eigenvalue weighted by Crippen LogP contribution is -2.39. The van der Waals surface area contributed by atoms with E-state index in [0.717, 1.165) is 25.7 Å². The van der Waals surface area contributed by atoms with Crippen molar-refractivity contribution in [2.75, 3.05) is 5.32 Å². The van der Waals surface area contributed by atoms with Gasteiger partial charge in [-0.15, -0.1) is 0 Å². The van der Waals surface area contributed by atoms with Crippen LogP contribution in [0.25, 0.3) is 16.6 Å². The maximum absolute atomic E-state index is 13.5. The van der Waals surface area contributed by atoms with Gasteiger partial charge >= 0.3 is 12.1 Å². The van der Waals surface area contributed by atoms with Crippen LogP contribution in [0, 0.1) is 0 Å². The van der Waals surface area contributed by atoms with Crippen molar-refractivity contribution < 1.29 is 14.7 Å². The lowest BCUT2D eigenvalue weighted by molar-refractivity contribution is 0.190. The molecule has 3 aromatic rings. The molecular formula is C24H26ClN5O4. The summed E-state index contributed by atoms with van der Waals surface area (Å²) in [5, 5.41) is 17.9. The van der Waals surface area contributed by atoms with Gasteiger partial charge in [0.15, 0.2) is 0 Å². The summed E-state index contributed by atoms with van der Waals surface area (Å²) in [6.45, 7) is 1.60. The van der Waals surface area contributed by atoms with Crippen molar-refractivity contribution in [2.45, 2.75) is 51.1 Å². The van der Waals surface area contributed by atoms with Crippen LogP contribution >= 0.6 is 11.6 Å². The molecule has 1 fully saturated rings. The van der Waals surface area contributed by atoms with Crippen molar-refractivity contribution in [3.8, 4) is 5.69 Å². The maximum atomic E-state index is 13.5. The number of rotatable bonds is 5. The van der Waals surface area contributed by atoms with E-state index in [-0.39, 0.29) is 28.3 Å². The van der Waals surface area contributed by atoms with Crippen LogP contribution in [0.5, 0.6) is 0 Å². The topological polar surface area (TPSA) is 125 Å². The fourth-order valence-electron chi connectivity index (χ4n) is 4.32. The minimum Gasteiger partial charge on any atom is -0.465 e. The number of carboxylic acid groups (broad SMARTS) is 1. The van der Waals surface area contributed by atoms with Gasteiger partial charge in [-0.2, -0.15) is 0 Å². The molecule has 0 saturated heterocycles. The third-order valence-electron chi connectivity index (χ3n) is 5.90. The number of nitrogens with one attached hydrogen (secondary N) is 3. The second-order valence-corrected chi connectivity index (χ2v) is 8.81. The molecule has 1 saturated carbocycles. The van der Waals surface area contributed by atoms with Gasteiger partial charge in [-0.1, -0.05) is 43.0 Å². The number of halogens is 1. The first-order valence-electron chi connectivity index (χ1n) is 11.2. The fourth-order valence-corrected chi connectivity index (χ4v) is 4.57. The van der Waals surface area contributed by atoms with Crippen LogP contribution in [0.15, 0.2) is 47.3 Å². The molecule has 1 heterocycles. The summed E-state index contributed by atoms with van der Waals surface area (Å²) in [5.74, 6) is 0.200. The highest BCUT2D eigenvalue weighted by atomic mass is 35.5. The Bertz CT molecular complexity index is 1290. The number of fused-ring (bicyclic) bond motifs is 1. The van der Waals surface area contributed by atoms with E-state index in [4.69, 9.17) is 11.6 Å². The minimum atomic E-state index is -1.24. The van der Waals surface area contributed by atoms with E-state index >= 15 is 0 Å². The third-order valence-corrected chi connectivity index (χ3v) is 6.22. The van der Waals surface area contributed by atoms with Crippen molar-refractivity contribution in [1.82, 2.24) is 20.2 Å². The van der Waals surface area contributed by atoms with E-state index in [2.05, 4.69) is 20.9 Å². The number of nitrogens with zero attached hydrogens (tertiary/aromatic N) is 2. The quantitative estimate of drug-likeness (QED) is 0.414. The molecule has 1 aliphatic carbocycles. The molecule has 1 aliphatic rings. The fraction of sp³-hybridized carbons (Fsp3) is 0.333. The van der Waals surface area contributed by atoms with Gasteiger partial charge < -0.3 is 21.1 Å². The van der Waals surface area contributed by atoms with Gasteiger partial charge in [0.1, 0.15) is 5.82 Å². The first-order valence-corrected chi connectivity index (χ1v) is 11.6. The summed E-state index contributed by atoms with van der Waals surface area (Å²) in [5.41, 5.74) is 0.836. The molecule has 0 spiro atoms. The molecule has 4 N–H and O–H groups in total. The molecule has 178 valence electrons. The lowest BCUT2D eigenvalue weighted by Gasteiger charge is -2.23. The first kappa shape index (κ1) is 23.6. The van der Waals surface area contributed by atoms with Gasteiger partial charge in [0.25, 0.3) is 5.56 Å². The Balaban J connectivity index is 1.72. The van der Waals surface area contributed by atoms with Crippen molar-refractivity contribution in [3.63, 3.8) is 0 Å². The Hall–Kier alpha value is -3.59. The molecular weight excluding hydrogens is 458 g/mol. The molecule has 3 amide bonds. The third kappa shape index (κ3) is 5.14. The minimum absolute atomic E-state index is 0.154. The van der Waals surface area contributed by atoms with Crippen molar-refractivity contribution in [3.05, 3.63) is 63.7 Å². The number of aromatic nitrogens is 2. The molecule has 2 aromatic carbocycles. The summed E-state index contributed by atoms with van der Waals surface area (Å²) in [7, 11) is 0. The smallest absolute Gasteiger partial charge is 0.405 e. The van der Waals surface area contributed by atoms with Crippen LogP contribution < -0.4 is 21.5 Å². The van der Waals surface area contributed by atoms with Gasteiger partial charge in [-0.3, -0.25) is 9.36 Å². The van der Waals surface area contributed by atoms with E-state index in [0.29, 0.717) is 16.9 Å². The Labute approximate surface area is 201 Å². The number of hydrogen-bond acceptors (Lipinski definition) is 4. The van der Waals surface area contributed by atoms with Gasteiger partial charge in [-0.05, 0) is 50.1 Å². The highest BCUT2D eigenvalue weighted by Gasteiger charge is 2.21. The average Bonchev–Trinajstić information content (AvgIpc) is 2.79. The molecule has 9 nitrogen and oxygen atoms in total. The van der Waals surface area contributed by atoms with Gasteiger partial charge in [0.2, 0.25) is 0 Å². The molecule has 0 bridgehead atoms. The number of amides is 3. The summed E-state index contributed by atoms with van der Waals surface area (Å²) in [6, 6.07) is 10.7. The standard InChI is InChI=1S/C24H26ClN5O4/c1-14(26-24(33)34)21-29-19-12-6-11-18(25)20(19)22(31)30(21)17-10-5-9-16(13-17)28-23(32)27-15-7-3-2-4-8-15/h5-6,9-15,26H,2-4,7-8H2,1H3,(H,33,34)(H2,27,28,32). The second-order valence-electron chi connectivity index (χ2n) is 8.40. The number of carbonyl (C=O) groups excluding carboxylic acids is 1. The van der Waals surface area contributed by atoms with Crippen molar-refractivity contribution >= 4 is 40.3 Å². The van der Waals surface area contributed by atoms with Crippen LogP contribution in [-0.2, 0) is 0 Å². The molecule has 0 aliphatic heterocycles. The Kier molecular flexibility index (Phi) is 7.02. The summed E-state index contributed by atoms with van der Waals surface area (Å²) < 4.78 is 1.32. The Morgan fingerprint density at radius 2 is 1.88 bits per heavy atom. The normalized spacial score (nSPS) is 15.0. The lowest BCUT2D eigenvalue weighted by atomic mass is 9.96. The highest BCUT2D eigenvalue weighted by Crippen LogP contribution is 2.24. The van der Waals surface area contributed by atoms with Crippen LogP contribution in [0.3, 0.4) is 0 Å². The monoisotopic (exact) mass is 483 g/mol. The molecule has 1 aromatic heterocycles. The zero-order valence-corrected chi connectivity index (χ0v) is 19.4. The number of anilines is 1. The molecule has 4 rings (SSSR count). The van der Waals surface area contributed by atoms with E-state index in [1.165, 1.54) is 11.0 Å². The van der Waals surface area contributed by atoms with Gasteiger partial charge in [-0.25, -0.2) is 14.6 Å². The van der Waals surface area contributed by atoms with E-state index in [1.807, 2.05) is 0 Å². The average molecular weight is 484 g/mol. The number of benzene rings is 2. The highest BCUT2D eigenvalue weighted by molar-refractivity contribution is 6.35. The van der Waals surface area contributed by atoms with Crippen LogP contribution in [-0.4, -0.2) is 32.8 Å². The van der Waals surface area contributed by atoms with Gasteiger partial charge in [0, 0.05) is 11.7 Å². The van der Waals surface area contributed by atoms with Crippen molar-refractivity contribution in [1.29, 1.82) is 0 Å². The van der Waals surface area contributed by atoms with Crippen LogP contribution in [0.1, 0.15) is 50.9 Å². The van der Waals surface area contributed by atoms with E-state index < -0.39 is 17.7 Å². The molecule has 0 radical (unpaired) electrons. The predicted octanol–water partition coefficient (Wildman–Crippen LogP) is 4.82. The Morgan fingerprint density at radius 1 is 1.15 bits per heavy atom. The largest absolute Gasteiger partial charge is 0.465 e. The van der Waals surface area contributed by atoms with E-state index in [1.54, 1.807) is 49.4 Å². The molecule has 34 heavy (non-hydrogen) atoms. The molecule has 10 heteroatoms.